The molecular formula is C12H15N3O4. The summed E-state index contributed by atoms with van der Waals surface area (Å²) in [6, 6.07) is 5.71. The van der Waals surface area contributed by atoms with Gasteiger partial charge in [0.15, 0.2) is 5.78 Å². The first kappa shape index (κ1) is 14.7. The maximum Gasteiger partial charge on any atom is 0.319 e. The van der Waals surface area contributed by atoms with Gasteiger partial charge in [-0.05, 0) is 31.2 Å². The third-order valence-corrected chi connectivity index (χ3v) is 2.33. The van der Waals surface area contributed by atoms with Crippen molar-refractivity contribution in [2.24, 2.45) is 5.73 Å². The molecule has 0 fully saturated rings. The van der Waals surface area contributed by atoms with Crippen molar-refractivity contribution in [3.05, 3.63) is 29.8 Å². The lowest BCUT2D eigenvalue weighted by Gasteiger charge is -2.10. The minimum Gasteiger partial charge on any atom is -0.381 e. The van der Waals surface area contributed by atoms with Crippen molar-refractivity contribution in [3.8, 4) is 0 Å². The highest BCUT2D eigenvalue weighted by molar-refractivity contribution is 5.95. The van der Waals surface area contributed by atoms with E-state index in [4.69, 9.17) is 10.8 Å². The van der Waals surface area contributed by atoms with Crippen molar-refractivity contribution in [1.29, 1.82) is 0 Å². The largest absolute Gasteiger partial charge is 0.381 e. The first-order valence-electron chi connectivity index (χ1n) is 5.53. The Balaban J connectivity index is 2.48. The molecule has 0 saturated carbocycles. The maximum atomic E-state index is 11.4. The topological polar surface area (TPSA) is 122 Å². The molecule has 0 saturated heterocycles. The van der Waals surface area contributed by atoms with Gasteiger partial charge in [-0.15, -0.1) is 0 Å². The van der Waals surface area contributed by atoms with E-state index < -0.39 is 18.0 Å². The van der Waals surface area contributed by atoms with E-state index in [0.717, 1.165) is 0 Å². The summed E-state index contributed by atoms with van der Waals surface area (Å²) in [7, 11) is 0. The zero-order valence-electron chi connectivity index (χ0n) is 10.3. The molecular weight excluding hydrogens is 250 g/mol. The number of hydrogen-bond acceptors (Lipinski definition) is 4. The van der Waals surface area contributed by atoms with Crippen LogP contribution in [-0.4, -0.2) is 35.5 Å². The Morgan fingerprint density at radius 2 is 1.84 bits per heavy atom. The molecule has 19 heavy (non-hydrogen) atoms. The van der Waals surface area contributed by atoms with Crippen molar-refractivity contribution in [3.63, 3.8) is 0 Å². The maximum absolute atomic E-state index is 11.4. The third-order valence-electron chi connectivity index (χ3n) is 2.33. The van der Waals surface area contributed by atoms with Crippen LogP contribution in [0.2, 0.25) is 0 Å². The summed E-state index contributed by atoms with van der Waals surface area (Å²) in [5.41, 5.74) is 5.85. The van der Waals surface area contributed by atoms with Gasteiger partial charge in [-0.1, -0.05) is 0 Å². The van der Waals surface area contributed by atoms with Crippen LogP contribution in [0.5, 0.6) is 0 Å². The van der Waals surface area contributed by atoms with E-state index in [9.17, 15) is 14.4 Å². The van der Waals surface area contributed by atoms with E-state index >= 15 is 0 Å². The van der Waals surface area contributed by atoms with E-state index in [1.165, 1.54) is 6.92 Å². The normalized spacial score (nSPS) is 11.5. The van der Waals surface area contributed by atoms with Crippen LogP contribution in [0.25, 0.3) is 0 Å². The number of aliphatic hydroxyl groups is 1. The Bertz CT molecular complexity index is 484. The second-order valence-electron chi connectivity index (χ2n) is 3.89. The molecule has 0 aromatic heterocycles. The molecule has 0 aliphatic heterocycles. The molecule has 0 heterocycles. The van der Waals surface area contributed by atoms with Gasteiger partial charge in [0.1, 0.15) is 6.10 Å². The van der Waals surface area contributed by atoms with Gasteiger partial charge in [0.25, 0.3) is 0 Å². The van der Waals surface area contributed by atoms with Crippen LogP contribution in [0.15, 0.2) is 24.3 Å². The van der Waals surface area contributed by atoms with Crippen molar-refractivity contribution < 1.29 is 19.5 Å². The summed E-state index contributed by atoms with van der Waals surface area (Å²) in [6.07, 6.45) is -1.43. The standard InChI is InChI=1S/C12H15N3O4/c1-7(16)8-2-4-9(5-3-8)15-12(19)14-6-10(17)11(13)18/h2-5,10,17H,6H2,1H3,(H2,13,18)(H2,14,15,19). The van der Waals surface area contributed by atoms with Crippen LogP contribution < -0.4 is 16.4 Å². The summed E-state index contributed by atoms with van der Waals surface area (Å²) in [6.45, 7) is 1.17. The number of urea groups is 1. The average Bonchev–Trinajstić information content (AvgIpc) is 2.36. The van der Waals surface area contributed by atoms with Crippen molar-refractivity contribution >= 4 is 23.4 Å². The lowest BCUT2D eigenvalue weighted by atomic mass is 10.1. The summed E-state index contributed by atoms with van der Waals surface area (Å²) < 4.78 is 0. The van der Waals surface area contributed by atoms with E-state index in [0.29, 0.717) is 11.3 Å². The van der Waals surface area contributed by atoms with Gasteiger partial charge in [-0.3, -0.25) is 9.59 Å². The second kappa shape index (κ2) is 6.50. The number of aliphatic hydroxyl groups excluding tert-OH is 1. The summed E-state index contributed by atoms with van der Waals surface area (Å²) in [5, 5.41) is 13.8. The predicted octanol–water partition coefficient (Wildman–Crippen LogP) is -0.143. The minimum absolute atomic E-state index is 0.0689. The van der Waals surface area contributed by atoms with E-state index in [1.807, 2.05) is 0 Å². The number of amides is 3. The van der Waals surface area contributed by atoms with Crippen LogP contribution >= 0.6 is 0 Å². The zero-order chi connectivity index (χ0) is 14.4. The number of benzene rings is 1. The summed E-state index contributed by atoms with van der Waals surface area (Å²) in [5.74, 6) is -0.980. The molecule has 0 aliphatic carbocycles. The molecule has 3 amide bonds. The highest BCUT2D eigenvalue weighted by Gasteiger charge is 2.12. The van der Waals surface area contributed by atoms with Gasteiger partial charge < -0.3 is 21.5 Å². The molecule has 5 N–H and O–H groups in total. The number of rotatable bonds is 5. The Labute approximate surface area is 109 Å². The number of hydrogen-bond donors (Lipinski definition) is 4. The molecule has 0 spiro atoms. The van der Waals surface area contributed by atoms with Crippen molar-refractivity contribution in [2.75, 3.05) is 11.9 Å². The number of anilines is 1. The zero-order valence-corrected chi connectivity index (χ0v) is 10.3. The molecule has 1 atom stereocenters. The first-order chi connectivity index (χ1) is 8.90. The first-order valence-corrected chi connectivity index (χ1v) is 5.53. The fourth-order valence-corrected chi connectivity index (χ4v) is 1.25. The number of primary amides is 1. The van der Waals surface area contributed by atoms with Gasteiger partial charge in [0.2, 0.25) is 5.91 Å². The highest BCUT2D eigenvalue weighted by atomic mass is 16.3. The van der Waals surface area contributed by atoms with Gasteiger partial charge in [-0.2, -0.15) is 0 Å². The number of nitrogens with one attached hydrogen (secondary N) is 2. The predicted molar refractivity (Wildman–Crippen MR) is 68.7 cm³/mol. The SMILES string of the molecule is CC(=O)c1ccc(NC(=O)NCC(O)C(N)=O)cc1. The van der Waals surface area contributed by atoms with E-state index in [-0.39, 0.29) is 12.3 Å². The lowest BCUT2D eigenvalue weighted by Crippen LogP contribution is -2.41. The fraction of sp³-hybridized carbons (Fsp3) is 0.250. The van der Waals surface area contributed by atoms with Gasteiger partial charge >= 0.3 is 6.03 Å². The quantitative estimate of drug-likeness (QED) is 0.553. The third kappa shape index (κ3) is 4.76. The molecule has 0 aliphatic rings. The van der Waals surface area contributed by atoms with E-state index in [2.05, 4.69) is 10.6 Å². The van der Waals surface area contributed by atoms with E-state index in [1.54, 1.807) is 24.3 Å². The molecule has 1 unspecified atom stereocenters. The molecule has 1 aromatic carbocycles. The van der Waals surface area contributed by atoms with Crippen LogP contribution in [0.4, 0.5) is 10.5 Å². The number of carbonyl (C=O) groups is 3. The summed E-state index contributed by atoms with van der Waals surface area (Å²) >= 11 is 0. The van der Waals surface area contributed by atoms with Gasteiger partial charge in [0, 0.05) is 11.3 Å². The second-order valence-corrected chi connectivity index (χ2v) is 3.89. The summed E-state index contributed by atoms with van der Waals surface area (Å²) in [4.78, 5) is 33.0. The molecule has 102 valence electrons. The van der Waals surface area contributed by atoms with Crippen LogP contribution in [0, 0.1) is 0 Å². The number of Topliss-reactive ketones (excluding diaryl/α,β-unsaturated/α-hetero) is 1. The molecule has 1 rings (SSSR count). The van der Waals surface area contributed by atoms with Crippen LogP contribution in [0.1, 0.15) is 17.3 Å². The van der Waals surface area contributed by atoms with Crippen LogP contribution in [0.3, 0.4) is 0 Å². The number of ketones is 1. The van der Waals surface area contributed by atoms with Gasteiger partial charge in [-0.25, -0.2) is 4.79 Å². The Morgan fingerprint density at radius 1 is 1.26 bits per heavy atom. The molecule has 0 bridgehead atoms. The van der Waals surface area contributed by atoms with Crippen molar-refractivity contribution in [1.82, 2.24) is 5.32 Å². The van der Waals surface area contributed by atoms with Gasteiger partial charge in [0.05, 0.1) is 6.54 Å². The smallest absolute Gasteiger partial charge is 0.319 e. The highest BCUT2D eigenvalue weighted by Crippen LogP contribution is 2.09. The molecule has 7 nitrogen and oxygen atoms in total. The lowest BCUT2D eigenvalue weighted by molar-refractivity contribution is -0.125. The fourth-order valence-electron chi connectivity index (χ4n) is 1.25. The number of carbonyl (C=O) groups excluding carboxylic acids is 3. The average molecular weight is 265 g/mol. The minimum atomic E-state index is -1.43. The van der Waals surface area contributed by atoms with Crippen LogP contribution in [-0.2, 0) is 4.79 Å². The Hall–Kier alpha value is -2.41. The monoisotopic (exact) mass is 265 g/mol. The molecule has 1 aromatic rings. The Morgan fingerprint density at radius 3 is 2.32 bits per heavy atom. The van der Waals surface area contributed by atoms with Crippen molar-refractivity contribution in [2.45, 2.75) is 13.0 Å². The molecule has 7 heteroatoms. The Kier molecular flexibility index (Phi) is 5.01. The number of nitrogens with two attached hydrogens (primary N) is 1. The molecule has 0 radical (unpaired) electrons.